The third-order valence-corrected chi connectivity index (χ3v) is 5.75. The zero-order valence-corrected chi connectivity index (χ0v) is 16.7. The van der Waals surface area contributed by atoms with E-state index in [1.807, 2.05) is 32.0 Å². The first-order valence-electron chi connectivity index (χ1n) is 10.4. The van der Waals surface area contributed by atoms with Gasteiger partial charge in [-0.2, -0.15) is 0 Å². The number of para-hydroxylation sites is 1. The molecule has 148 valence electrons. The Balaban J connectivity index is 1.47. The SMILES string of the molecule is Cc1cccc(C)c1NC(=O)CN(CCC(=O)NC1CCCCC1)C1CC1. The van der Waals surface area contributed by atoms with E-state index in [9.17, 15) is 9.59 Å². The molecule has 0 radical (unpaired) electrons. The van der Waals surface area contributed by atoms with Crippen molar-refractivity contribution < 1.29 is 9.59 Å². The van der Waals surface area contributed by atoms with Gasteiger partial charge in [0.2, 0.25) is 11.8 Å². The lowest BCUT2D eigenvalue weighted by atomic mass is 9.95. The largest absolute Gasteiger partial charge is 0.353 e. The summed E-state index contributed by atoms with van der Waals surface area (Å²) in [7, 11) is 0. The lowest BCUT2D eigenvalue weighted by Crippen LogP contribution is -2.40. The van der Waals surface area contributed by atoms with E-state index in [1.54, 1.807) is 0 Å². The molecule has 0 spiro atoms. The Morgan fingerprint density at radius 3 is 2.30 bits per heavy atom. The third-order valence-electron chi connectivity index (χ3n) is 5.75. The quantitative estimate of drug-likeness (QED) is 0.735. The topological polar surface area (TPSA) is 61.4 Å². The van der Waals surface area contributed by atoms with Gasteiger partial charge >= 0.3 is 0 Å². The highest BCUT2D eigenvalue weighted by Gasteiger charge is 2.30. The van der Waals surface area contributed by atoms with Gasteiger partial charge in [0, 0.05) is 30.7 Å². The lowest BCUT2D eigenvalue weighted by Gasteiger charge is -2.25. The van der Waals surface area contributed by atoms with Crippen LogP contribution in [0.2, 0.25) is 0 Å². The van der Waals surface area contributed by atoms with Crippen LogP contribution in [0.5, 0.6) is 0 Å². The summed E-state index contributed by atoms with van der Waals surface area (Å²) >= 11 is 0. The standard InChI is InChI=1S/C22H33N3O2/c1-16-7-6-8-17(2)22(16)24-21(27)15-25(19-11-12-19)14-13-20(26)23-18-9-4-3-5-10-18/h6-8,18-19H,3-5,9-15H2,1-2H3,(H,23,26)(H,24,27). The van der Waals surface area contributed by atoms with Crippen molar-refractivity contribution in [1.29, 1.82) is 0 Å². The molecule has 2 N–H and O–H groups in total. The summed E-state index contributed by atoms with van der Waals surface area (Å²) < 4.78 is 0. The molecule has 1 aromatic carbocycles. The monoisotopic (exact) mass is 371 g/mol. The number of carbonyl (C=O) groups excluding carboxylic acids is 2. The van der Waals surface area contributed by atoms with Crippen LogP contribution in [0.15, 0.2) is 18.2 Å². The highest BCUT2D eigenvalue weighted by atomic mass is 16.2. The minimum Gasteiger partial charge on any atom is -0.353 e. The van der Waals surface area contributed by atoms with E-state index < -0.39 is 0 Å². The average molecular weight is 372 g/mol. The second-order valence-corrected chi connectivity index (χ2v) is 8.17. The van der Waals surface area contributed by atoms with Crippen LogP contribution >= 0.6 is 0 Å². The van der Waals surface area contributed by atoms with Crippen LogP contribution in [0.25, 0.3) is 0 Å². The number of hydrogen-bond acceptors (Lipinski definition) is 3. The number of anilines is 1. The van der Waals surface area contributed by atoms with Crippen LogP contribution in [-0.2, 0) is 9.59 Å². The minimum absolute atomic E-state index is 0.00647. The molecule has 2 fully saturated rings. The molecule has 0 aromatic heterocycles. The van der Waals surface area contributed by atoms with Crippen LogP contribution in [0.3, 0.4) is 0 Å². The fourth-order valence-corrected chi connectivity index (χ4v) is 4.00. The molecule has 27 heavy (non-hydrogen) atoms. The van der Waals surface area contributed by atoms with Gasteiger partial charge in [-0.15, -0.1) is 0 Å². The highest BCUT2D eigenvalue weighted by molar-refractivity contribution is 5.93. The van der Waals surface area contributed by atoms with Crippen molar-refractivity contribution in [2.75, 3.05) is 18.4 Å². The number of hydrogen-bond donors (Lipinski definition) is 2. The Bertz CT molecular complexity index is 643. The van der Waals surface area contributed by atoms with Crippen LogP contribution in [0, 0.1) is 13.8 Å². The Labute approximate surface area is 162 Å². The molecule has 1 aromatic rings. The number of carbonyl (C=O) groups is 2. The molecule has 0 bridgehead atoms. The summed E-state index contributed by atoms with van der Waals surface area (Å²) in [5.41, 5.74) is 3.06. The molecule has 2 saturated carbocycles. The second-order valence-electron chi connectivity index (χ2n) is 8.17. The van der Waals surface area contributed by atoms with Gasteiger partial charge in [0.05, 0.1) is 6.54 Å². The number of amides is 2. The summed E-state index contributed by atoms with van der Waals surface area (Å²) in [4.78, 5) is 27.0. The maximum Gasteiger partial charge on any atom is 0.238 e. The lowest BCUT2D eigenvalue weighted by molar-refractivity contribution is -0.123. The average Bonchev–Trinajstić information content (AvgIpc) is 3.48. The fraction of sp³-hybridized carbons (Fsp3) is 0.636. The highest BCUT2D eigenvalue weighted by Crippen LogP contribution is 2.27. The Kier molecular flexibility index (Phi) is 6.89. The maximum absolute atomic E-state index is 12.6. The van der Waals surface area contributed by atoms with Gasteiger partial charge in [0.25, 0.3) is 0 Å². The third kappa shape index (κ3) is 6.06. The molecule has 2 aliphatic rings. The number of rotatable bonds is 8. The van der Waals surface area contributed by atoms with E-state index in [1.165, 1.54) is 19.3 Å². The molecule has 0 heterocycles. The molecule has 2 aliphatic carbocycles. The summed E-state index contributed by atoms with van der Waals surface area (Å²) in [5, 5.41) is 6.24. The van der Waals surface area contributed by atoms with Crippen molar-refractivity contribution >= 4 is 17.5 Å². The summed E-state index contributed by atoms with van der Waals surface area (Å²) in [5.74, 6) is 0.134. The molecule has 0 saturated heterocycles. The van der Waals surface area contributed by atoms with Crippen LogP contribution < -0.4 is 10.6 Å². The van der Waals surface area contributed by atoms with Gasteiger partial charge in [0.1, 0.15) is 0 Å². The molecule has 0 unspecified atom stereocenters. The van der Waals surface area contributed by atoms with Gasteiger partial charge in [-0.25, -0.2) is 0 Å². The number of nitrogens with one attached hydrogen (secondary N) is 2. The van der Waals surface area contributed by atoms with Gasteiger partial charge in [-0.1, -0.05) is 37.5 Å². The molecular formula is C22H33N3O2. The van der Waals surface area contributed by atoms with Crippen LogP contribution in [0.1, 0.15) is 62.5 Å². The van der Waals surface area contributed by atoms with Gasteiger partial charge < -0.3 is 10.6 Å². The van der Waals surface area contributed by atoms with E-state index in [4.69, 9.17) is 0 Å². The Morgan fingerprint density at radius 2 is 1.67 bits per heavy atom. The molecule has 0 aliphatic heterocycles. The van der Waals surface area contributed by atoms with E-state index in [0.29, 0.717) is 31.6 Å². The number of benzene rings is 1. The number of aryl methyl sites for hydroxylation is 2. The van der Waals surface area contributed by atoms with E-state index in [2.05, 4.69) is 15.5 Å². The molecule has 5 nitrogen and oxygen atoms in total. The van der Waals surface area contributed by atoms with E-state index in [-0.39, 0.29) is 11.8 Å². The first-order chi connectivity index (χ1) is 13.0. The van der Waals surface area contributed by atoms with Crippen molar-refractivity contribution in [1.82, 2.24) is 10.2 Å². The normalized spacial score (nSPS) is 17.7. The first kappa shape index (κ1) is 19.9. The molecule has 0 atom stereocenters. The Morgan fingerprint density at radius 1 is 1.00 bits per heavy atom. The molecule has 5 heteroatoms. The smallest absolute Gasteiger partial charge is 0.238 e. The first-order valence-corrected chi connectivity index (χ1v) is 10.4. The Hall–Kier alpha value is -1.88. The predicted molar refractivity (Wildman–Crippen MR) is 109 cm³/mol. The van der Waals surface area contributed by atoms with E-state index in [0.717, 1.165) is 42.5 Å². The van der Waals surface area contributed by atoms with Crippen molar-refractivity contribution in [2.24, 2.45) is 0 Å². The van der Waals surface area contributed by atoms with Crippen LogP contribution in [0.4, 0.5) is 5.69 Å². The van der Waals surface area contributed by atoms with Crippen LogP contribution in [-0.4, -0.2) is 41.9 Å². The van der Waals surface area contributed by atoms with Gasteiger partial charge in [-0.3, -0.25) is 14.5 Å². The molecular weight excluding hydrogens is 338 g/mol. The van der Waals surface area contributed by atoms with Crippen molar-refractivity contribution in [3.8, 4) is 0 Å². The zero-order chi connectivity index (χ0) is 19.2. The number of nitrogens with zero attached hydrogens (tertiary/aromatic N) is 1. The summed E-state index contributed by atoms with van der Waals surface area (Å²) in [6.45, 7) is 5.03. The van der Waals surface area contributed by atoms with Gasteiger partial charge in [-0.05, 0) is 50.7 Å². The second kappa shape index (κ2) is 9.36. The molecule has 3 rings (SSSR count). The van der Waals surface area contributed by atoms with Crippen molar-refractivity contribution in [3.63, 3.8) is 0 Å². The maximum atomic E-state index is 12.6. The molecule has 2 amide bonds. The van der Waals surface area contributed by atoms with E-state index >= 15 is 0 Å². The minimum atomic E-state index is 0.00647. The van der Waals surface area contributed by atoms with Gasteiger partial charge in [0.15, 0.2) is 0 Å². The summed E-state index contributed by atoms with van der Waals surface area (Å²) in [6.07, 6.45) is 8.67. The fourth-order valence-electron chi connectivity index (χ4n) is 4.00. The van der Waals surface area contributed by atoms with Crippen molar-refractivity contribution in [3.05, 3.63) is 29.3 Å². The zero-order valence-electron chi connectivity index (χ0n) is 16.7. The van der Waals surface area contributed by atoms with Crippen molar-refractivity contribution in [2.45, 2.75) is 77.3 Å². The summed E-state index contributed by atoms with van der Waals surface area (Å²) in [6, 6.07) is 6.83. The predicted octanol–water partition coefficient (Wildman–Crippen LogP) is 3.55.